The van der Waals surface area contributed by atoms with Gasteiger partial charge in [-0.2, -0.15) is 0 Å². The van der Waals surface area contributed by atoms with Crippen molar-refractivity contribution in [3.63, 3.8) is 0 Å². The zero-order valence-corrected chi connectivity index (χ0v) is 11.4. The molecule has 1 N–H and O–H groups in total. The first-order valence-electron chi connectivity index (χ1n) is 7.28. The van der Waals surface area contributed by atoms with E-state index in [1.54, 1.807) is 0 Å². The fourth-order valence-corrected chi connectivity index (χ4v) is 2.89. The minimum atomic E-state index is 0.439. The SMILES string of the molecule is CCCNC1CC(C2CC2)Oc2ccc(C)cc21. The second-order valence-electron chi connectivity index (χ2n) is 5.78. The Balaban J connectivity index is 1.84. The van der Waals surface area contributed by atoms with Crippen molar-refractivity contribution in [2.24, 2.45) is 5.92 Å². The topological polar surface area (TPSA) is 21.3 Å². The first-order chi connectivity index (χ1) is 8.78. The monoisotopic (exact) mass is 245 g/mol. The smallest absolute Gasteiger partial charge is 0.124 e. The summed E-state index contributed by atoms with van der Waals surface area (Å²) in [5.41, 5.74) is 2.69. The van der Waals surface area contributed by atoms with Crippen LogP contribution in [-0.2, 0) is 0 Å². The van der Waals surface area contributed by atoms with Gasteiger partial charge in [0.2, 0.25) is 0 Å². The molecular formula is C16H23NO. The van der Waals surface area contributed by atoms with Gasteiger partial charge in [-0.05, 0) is 44.7 Å². The number of benzene rings is 1. The minimum Gasteiger partial charge on any atom is -0.490 e. The highest BCUT2D eigenvalue weighted by molar-refractivity contribution is 5.41. The van der Waals surface area contributed by atoms with Gasteiger partial charge in [-0.1, -0.05) is 24.6 Å². The lowest BCUT2D eigenvalue weighted by Gasteiger charge is -2.33. The van der Waals surface area contributed by atoms with Gasteiger partial charge in [0.15, 0.2) is 0 Å². The van der Waals surface area contributed by atoms with Crippen LogP contribution in [0.25, 0.3) is 0 Å². The van der Waals surface area contributed by atoms with Crippen LogP contribution in [0.5, 0.6) is 5.75 Å². The number of aryl methyl sites for hydroxylation is 1. The molecule has 1 aliphatic heterocycles. The van der Waals surface area contributed by atoms with Crippen LogP contribution in [-0.4, -0.2) is 12.6 Å². The summed E-state index contributed by atoms with van der Waals surface area (Å²) in [6.07, 6.45) is 5.47. The van der Waals surface area contributed by atoms with Crippen molar-refractivity contribution in [1.29, 1.82) is 0 Å². The molecule has 0 radical (unpaired) electrons. The molecule has 2 aliphatic rings. The second kappa shape index (κ2) is 4.93. The summed E-state index contributed by atoms with van der Waals surface area (Å²) >= 11 is 0. The van der Waals surface area contributed by atoms with E-state index in [1.165, 1.54) is 30.4 Å². The van der Waals surface area contributed by atoms with E-state index in [0.717, 1.165) is 24.6 Å². The quantitative estimate of drug-likeness (QED) is 0.875. The first kappa shape index (κ1) is 12.0. The highest BCUT2D eigenvalue weighted by atomic mass is 16.5. The van der Waals surface area contributed by atoms with Gasteiger partial charge in [0.05, 0.1) is 0 Å². The van der Waals surface area contributed by atoms with E-state index in [1.807, 2.05) is 0 Å². The molecule has 1 fully saturated rings. The van der Waals surface area contributed by atoms with Crippen LogP contribution in [0.3, 0.4) is 0 Å². The number of hydrogen-bond donors (Lipinski definition) is 1. The molecule has 1 saturated carbocycles. The van der Waals surface area contributed by atoms with Crippen molar-refractivity contribution in [3.05, 3.63) is 29.3 Å². The summed E-state index contributed by atoms with van der Waals surface area (Å²) in [6.45, 7) is 5.47. The number of ether oxygens (including phenoxy) is 1. The average Bonchev–Trinajstić information content (AvgIpc) is 3.20. The average molecular weight is 245 g/mol. The molecule has 0 saturated heterocycles. The Morgan fingerprint density at radius 2 is 2.17 bits per heavy atom. The van der Waals surface area contributed by atoms with Crippen molar-refractivity contribution in [1.82, 2.24) is 5.32 Å². The third kappa shape index (κ3) is 2.39. The molecule has 2 heteroatoms. The minimum absolute atomic E-state index is 0.439. The Morgan fingerprint density at radius 3 is 2.89 bits per heavy atom. The van der Waals surface area contributed by atoms with Crippen LogP contribution in [0.4, 0.5) is 0 Å². The van der Waals surface area contributed by atoms with Crippen LogP contribution < -0.4 is 10.1 Å². The van der Waals surface area contributed by atoms with Crippen molar-refractivity contribution in [3.8, 4) is 5.75 Å². The van der Waals surface area contributed by atoms with Gasteiger partial charge in [-0.3, -0.25) is 0 Å². The van der Waals surface area contributed by atoms with Gasteiger partial charge in [0.1, 0.15) is 11.9 Å². The van der Waals surface area contributed by atoms with Crippen LogP contribution in [0.1, 0.15) is 49.8 Å². The molecule has 98 valence electrons. The predicted molar refractivity (Wildman–Crippen MR) is 74.0 cm³/mol. The molecule has 1 aromatic rings. The van der Waals surface area contributed by atoms with Crippen LogP contribution in [0, 0.1) is 12.8 Å². The molecule has 1 aliphatic carbocycles. The maximum atomic E-state index is 6.18. The molecular weight excluding hydrogens is 222 g/mol. The number of nitrogens with one attached hydrogen (secondary N) is 1. The molecule has 1 heterocycles. The van der Waals surface area contributed by atoms with Crippen molar-refractivity contribution in [2.75, 3.05) is 6.54 Å². The highest BCUT2D eigenvalue weighted by Crippen LogP contribution is 2.44. The van der Waals surface area contributed by atoms with E-state index in [2.05, 4.69) is 37.4 Å². The fourth-order valence-electron chi connectivity index (χ4n) is 2.89. The van der Waals surface area contributed by atoms with Gasteiger partial charge in [0.25, 0.3) is 0 Å². The summed E-state index contributed by atoms with van der Waals surface area (Å²) in [4.78, 5) is 0. The Hall–Kier alpha value is -1.02. The number of rotatable bonds is 4. The molecule has 18 heavy (non-hydrogen) atoms. The lowest BCUT2D eigenvalue weighted by Crippen LogP contribution is -2.34. The first-order valence-corrected chi connectivity index (χ1v) is 7.28. The number of fused-ring (bicyclic) bond motifs is 1. The third-order valence-corrected chi connectivity index (χ3v) is 4.08. The number of hydrogen-bond acceptors (Lipinski definition) is 2. The van der Waals surface area contributed by atoms with Crippen LogP contribution in [0.15, 0.2) is 18.2 Å². The second-order valence-corrected chi connectivity index (χ2v) is 5.78. The molecule has 2 unspecified atom stereocenters. The standard InChI is InChI=1S/C16H23NO/c1-3-8-17-14-10-16(12-5-6-12)18-15-7-4-11(2)9-13(14)15/h4,7,9,12,14,16-17H,3,5-6,8,10H2,1-2H3. The highest BCUT2D eigenvalue weighted by Gasteiger charge is 2.38. The Kier molecular flexibility index (Phi) is 3.29. The maximum Gasteiger partial charge on any atom is 0.124 e. The molecule has 2 nitrogen and oxygen atoms in total. The summed E-state index contributed by atoms with van der Waals surface area (Å²) in [6, 6.07) is 7.08. The summed E-state index contributed by atoms with van der Waals surface area (Å²) in [5.74, 6) is 1.92. The van der Waals surface area contributed by atoms with Crippen molar-refractivity contribution in [2.45, 2.75) is 51.7 Å². The molecule has 3 rings (SSSR count). The van der Waals surface area contributed by atoms with E-state index in [9.17, 15) is 0 Å². The molecule has 1 aromatic carbocycles. The molecule has 0 bridgehead atoms. The van der Waals surface area contributed by atoms with Gasteiger partial charge in [-0.15, -0.1) is 0 Å². The van der Waals surface area contributed by atoms with E-state index in [0.29, 0.717) is 12.1 Å². The van der Waals surface area contributed by atoms with Crippen LogP contribution in [0.2, 0.25) is 0 Å². The summed E-state index contributed by atoms with van der Waals surface area (Å²) in [7, 11) is 0. The summed E-state index contributed by atoms with van der Waals surface area (Å²) in [5, 5.41) is 3.69. The largest absolute Gasteiger partial charge is 0.490 e. The van der Waals surface area contributed by atoms with Crippen LogP contribution >= 0.6 is 0 Å². The predicted octanol–water partition coefficient (Wildman–Crippen LogP) is 3.60. The van der Waals surface area contributed by atoms with E-state index in [-0.39, 0.29) is 0 Å². The zero-order chi connectivity index (χ0) is 12.5. The van der Waals surface area contributed by atoms with Crippen molar-refractivity contribution < 1.29 is 4.74 Å². The molecule has 2 atom stereocenters. The van der Waals surface area contributed by atoms with Gasteiger partial charge in [-0.25, -0.2) is 0 Å². The Morgan fingerprint density at radius 1 is 1.33 bits per heavy atom. The lowest BCUT2D eigenvalue weighted by atomic mass is 9.93. The van der Waals surface area contributed by atoms with Gasteiger partial charge >= 0.3 is 0 Å². The van der Waals surface area contributed by atoms with Crippen molar-refractivity contribution >= 4 is 0 Å². The van der Waals surface area contributed by atoms with Gasteiger partial charge in [0, 0.05) is 18.0 Å². The molecule has 0 aromatic heterocycles. The van der Waals surface area contributed by atoms with E-state index in [4.69, 9.17) is 4.74 Å². The fraction of sp³-hybridized carbons (Fsp3) is 0.625. The van der Waals surface area contributed by atoms with E-state index >= 15 is 0 Å². The maximum absolute atomic E-state index is 6.18. The van der Waals surface area contributed by atoms with Gasteiger partial charge < -0.3 is 10.1 Å². The Bertz CT molecular complexity index is 425. The molecule has 0 amide bonds. The Labute approximate surface area is 110 Å². The molecule has 0 spiro atoms. The van der Waals surface area contributed by atoms with E-state index < -0.39 is 0 Å². The lowest BCUT2D eigenvalue weighted by molar-refractivity contribution is 0.129. The summed E-state index contributed by atoms with van der Waals surface area (Å²) < 4.78 is 6.18. The normalized spacial score (nSPS) is 26.6. The third-order valence-electron chi connectivity index (χ3n) is 4.08. The zero-order valence-electron chi connectivity index (χ0n) is 11.4.